The zero-order valence-corrected chi connectivity index (χ0v) is 16.1. The van der Waals surface area contributed by atoms with Crippen molar-refractivity contribution in [3.05, 3.63) is 37.4 Å². The van der Waals surface area contributed by atoms with Crippen LogP contribution >= 0.6 is 0 Å². The maximum absolute atomic E-state index is 4.16. The van der Waals surface area contributed by atoms with Gasteiger partial charge in [-0.05, 0) is 0 Å². The van der Waals surface area contributed by atoms with Crippen molar-refractivity contribution in [2.24, 2.45) is 5.41 Å². The number of hydrogen-bond donors (Lipinski definition) is 0. The molecule has 0 aromatic carbocycles. The van der Waals surface area contributed by atoms with Gasteiger partial charge >= 0.3 is 0 Å². The molecule has 0 saturated heterocycles. The third kappa shape index (κ3) is 48.8. The van der Waals surface area contributed by atoms with Crippen LogP contribution in [0.2, 0.25) is 0 Å². The molecule has 0 aromatic rings. The van der Waals surface area contributed by atoms with Crippen LogP contribution in [0, 0.1) is 19.8 Å². The molecule has 0 saturated carbocycles. The number of hydrogen-bond acceptors (Lipinski definition) is 0. The van der Waals surface area contributed by atoms with E-state index in [1.165, 1.54) is 0 Å². The zero-order valence-electron chi connectivity index (χ0n) is 12.9. The maximum atomic E-state index is 4.16. The van der Waals surface area contributed by atoms with Gasteiger partial charge in [0.2, 0.25) is 0 Å². The van der Waals surface area contributed by atoms with Gasteiger partial charge in [0, 0.05) is 22.4 Å². The van der Waals surface area contributed by atoms with Gasteiger partial charge in [0.1, 0.15) is 0 Å². The predicted molar refractivity (Wildman–Crippen MR) is 77.4 cm³/mol. The minimum absolute atomic E-state index is 0. The van der Waals surface area contributed by atoms with Crippen LogP contribution in [0.4, 0.5) is 0 Å². The molecule has 0 aliphatic heterocycles. The average Bonchev–Trinajstić information content (AvgIpc) is 1.76. The summed E-state index contributed by atoms with van der Waals surface area (Å²) in [5, 5.41) is 8.31. The van der Waals surface area contributed by atoms with E-state index in [9.17, 15) is 0 Å². The van der Waals surface area contributed by atoms with Gasteiger partial charge in [-0.1, -0.05) is 48.5 Å². The van der Waals surface area contributed by atoms with Crippen LogP contribution in [0.25, 0.3) is 10.6 Å². The summed E-state index contributed by atoms with van der Waals surface area (Å²) in [6.07, 6.45) is 0. The molecule has 0 spiro atoms. The molecule has 0 heterocycles. The van der Waals surface area contributed by atoms with E-state index in [0.717, 1.165) is 0 Å². The Balaban J connectivity index is -0.000000105. The normalized spacial score (nSPS) is 9.53. The first-order valence-electron chi connectivity index (χ1n) is 5.48. The van der Waals surface area contributed by atoms with Crippen LogP contribution < -0.4 is 0 Å². The molecule has 1 radical (unpaired) electrons. The van der Waals surface area contributed by atoms with Crippen molar-refractivity contribution in [1.82, 2.24) is 0 Å². The van der Waals surface area contributed by atoms with Crippen LogP contribution in [0.5, 0.6) is 0 Å². The van der Waals surface area contributed by atoms with E-state index in [-0.39, 0.29) is 35.2 Å². The van der Waals surface area contributed by atoms with Gasteiger partial charge in [-0.25, -0.2) is 0 Å². The maximum Gasteiger partial charge on any atom is 0 e. The van der Waals surface area contributed by atoms with Crippen molar-refractivity contribution in [3.63, 3.8) is 0 Å². The van der Waals surface area contributed by atoms with Crippen LogP contribution in [0.3, 0.4) is 0 Å². The second-order valence-corrected chi connectivity index (χ2v) is 5.42. The first-order chi connectivity index (χ1) is 6.52. The fraction of sp³-hybridized carbons (Fsp3) is 0.714. The van der Waals surface area contributed by atoms with E-state index in [2.05, 4.69) is 44.9 Å². The summed E-state index contributed by atoms with van der Waals surface area (Å²) in [4.78, 5) is 0. The van der Waals surface area contributed by atoms with Crippen molar-refractivity contribution in [2.75, 3.05) is 0 Å². The summed E-state index contributed by atoms with van der Waals surface area (Å²) in [5.41, 5.74) is 0.250. The summed E-state index contributed by atoms with van der Waals surface area (Å²) in [6, 6.07) is 0.602. The van der Waals surface area contributed by atoms with Crippen molar-refractivity contribution < 1.29 is 22.4 Å². The van der Waals surface area contributed by atoms with Crippen molar-refractivity contribution in [1.29, 1.82) is 0 Å². The molecule has 2 nitrogen and oxygen atoms in total. The molecule has 0 bridgehead atoms. The molecular weight excluding hydrogens is 377 g/mol. The Labute approximate surface area is 126 Å². The van der Waals surface area contributed by atoms with E-state index in [4.69, 9.17) is 0 Å². The molecule has 0 fully saturated rings. The summed E-state index contributed by atoms with van der Waals surface area (Å²) >= 11 is 0. The van der Waals surface area contributed by atoms with E-state index >= 15 is 0 Å². The summed E-state index contributed by atoms with van der Waals surface area (Å²) in [6.45, 7) is 21.8. The van der Waals surface area contributed by atoms with Crippen LogP contribution in [-0.2, 0) is 22.4 Å². The molecule has 3 heteroatoms. The van der Waals surface area contributed by atoms with Gasteiger partial charge in [0.05, 0.1) is 0 Å². The topological polar surface area (TPSA) is 28.2 Å². The molecule has 105 valence electrons. The minimum atomic E-state index is 0. The largest absolute Gasteiger partial charge is 0.702 e. The van der Waals surface area contributed by atoms with Gasteiger partial charge in [-0.3, -0.25) is 5.82 Å². The summed E-state index contributed by atoms with van der Waals surface area (Å²) in [7, 11) is 0. The fourth-order valence-corrected chi connectivity index (χ4v) is 0.629. The Hall–Kier alpha value is 0.0803. The van der Waals surface area contributed by atoms with Crippen LogP contribution in [0.15, 0.2) is 12.4 Å². The minimum Gasteiger partial charge on any atom is -0.702 e. The van der Waals surface area contributed by atoms with Gasteiger partial charge in [-0.15, -0.1) is 18.7 Å². The van der Waals surface area contributed by atoms with Gasteiger partial charge in [0.25, 0.3) is 0 Å². The molecule has 0 aliphatic carbocycles. The summed E-state index contributed by atoms with van der Waals surface area (Å²) < 4.78 is 0. The fourth-order valence-electron chi connectivity index (χ4n) is 0.629. The van der Waals surface area contributed by atoms with Crippen molar-refractivity contribution in [2.45, 2.75) is 60.5 Å². The Kier molecular flexibility index (Phi) is 19.0. The SMILES string of the molecule is C=C([N-]C(C)C)[N-]C(C)C.[CH2-]C(C)(C)C.[CH3-].[Ta]. The van der Waals surface area contributed by atoms with E-state index in [1.54, 1.807) is 0 Å². The smallest absolute Gasteiger partial charge is 0 e. The molecule has 0 aliphatic rings. The van der Waals surface area contributed by atoms with Gasteiger partial charge < -0.3 is 25.0 Å². The Morgan fingerprint density at radius 2 is 1.18 bits per heavy atom. The molecule has 0 N–H and O–H groups in total. The number of nitrogens with zero attached hydrogens (tertiary/aromatic N) is 2. The predicted octanol–water partition coefficient (Wildman–Crippen LogP) is 5.34. The Bertz CT molecular complexity index is 152. The third-order valence-corrected chi connectivity index (χ3v) is 0.814. The molecule has 0 rings (SSSR count). The molecular formula is C14H30N2Ta-4. The number of rotatable bonds is 4. The third-order valence-electron chi connectivity index (χ3n) is 0.814. The van der Waals surface area contributed by atoms with E-state index in [0.29, 0.717) is 17.9 Å². The second kappa shape index (κ2) is 12.5. The molecule has 0 amide bonds. The molecule has 0 unspecified atom stereocenters. The van der Waals surface area contributed by atoms with E-state index < -0.39 is 0 Å². The summed E-state index contributed by atoms with van der Waals surface area (Å²) in [5.74, 6) is 0.657. The van der Waals surface area contributed by atoms with Crippen molar-refractivity contribution in [3.8, 4) is 0 Å². The molecule has 0 atom stereocenters. The zero-order chi connectivity index (χ0) is 12.6. The quantitative estimate of drug-likeness (QED) is 0.563. The average molecular weight is 407 g/mol. The Morgan fingerprint density at radius 1 is 1.00 bits per heavy atom. The molecule has 0 aromatic heterocycles. The van der Waals surface area contributed by atoms with Gasteiger partial charge in [-0.2, -0.15) is 5.41 Å². The second-order valence-electron chi connectivity index (χ2n) is 5.42. The molecule has 17 heavy (non-hydrogen) atoms. The van der Waals surface area contributed by atoms with Crippen LogP contribution in [-0.4, -0.2) is 12.1 Å². The van der Waals surface area contributed by atoms with E-state index in [1.807, 2.05) is 27.7 Å². The monoisotopic (exact) mass is 407 g/mol. The van der Waals surface area contributed by atoms with Gasteiger partial charge in [0.15, 0.2) is 0 Å². The first kappa shape index (κ1) is 25.8. The Morgan fingerprint density at radius 3 is 1.29 bits per heavy atom. The standard InChI is InChI=1S/C8H16N2.C5H11.CH3.Ta/c1-6(2)9-8(5)10-7(3)4;1-5(2,3)4;;/h6-7H,5H2,1-4H3;1H2,2-4H3;1H3;/q-2;2*-1;. The van der Waals surface area contributed by atoms with Crippen LogP contribution in [0.1, 0.15) is 48.5 Å². The van der Waals surface area contributed by atoms with Crippen molar-refractivity contribution >= 4 is 0 Å². The first-order valence-corrected chi connectivity index (χ1v) is 5.48.